The molecule has 2 rings (SSSR count). The summed E-state index contributed by atoms with van der Waals surface area (Å²) in [6, 6.07) is 2.62. The predicted octanol–water partition coefficient (Wildman–Crippen LogP) is 3.69. The van der Waals surface area contributed by atoms with Gasteiger partial charge in [0.15, 0.2) is 11.5 Å². The Kier molecular flexibility index (Phi) is 7.54. The van der Waals surface area contributed by atoms with Crippen molar-refractivity contribution in [2.24, 2.45) is 0 Å². The van der Waals surface area contributed by atoms with E-state index in [1.165, 1.54) is 14.0 Å². The maximum Gasteiger partial charge on any atom is 0.328 e. The molecule has 0 aromatic heterocycles. The molecule has 1 heterocycles. The molecule has 2 amide bonds. The van der Waals surface area contributed by atoms with Crippen LogP contribution in [0.25, 0.3) is 6.08 Å². The highest BCUT2D eigenvalue weighted by Gasteiger charge is 2.41. The average molecular weight is 505 g/mol. The Bertz CT molecular complexity index is 794. The molecule has 1 aromatic rings. The third-order valence-electron chi connectivity index (χ3n) is 3.67. The van der Waals surface area contributed by atoms with Crippen molar-refractivity contribution < 1.29 is 28.6 Å². The van der Waals surface area contributed by atoms with E-state index in [1.807, 2.05) is 19.9 Å². The maximum absolute atomic E-state index is 12.6. The van der Waals surface area contributed by atoms with E-state index in [0.717, 1.165) is 20.2 Å². The molecule has 1 aromatic carbocycles. The molecule has 0 spiro atoms. The smallest absolute Gasteiger partial charge is 0.328 e. The number of halogens is 1. The van der Waals surface area contributed by atoms with Crippen molar-refractivity contribution in [2.45, 2.75) is 26.8 Å². The Labute approximate surface area is 175 Å². The number of nitrogens with zero attached hydrogens (tertiary/aromatic N) is 1. The van der Waals surface area contributed by atoms with Gasteiger partial charge in [0.25, 0.3) is 11.1 Å². The topological polar surface area (TPSA) is 82.1 Å². The number of ether oxygens (including phenoxy) is 3. The number of carbonyl (C=O) groups is 3. The zero-order valence-corrected chi connectivity index (χ0v) is 18.4. The first-order valence-corrected chi connectivity index (χ1v) is 10.2. The Morgan fingerprint density at radius 3 is 2.52 bits per heavy atom. The molecule has 7 nitrogen and oxygen atoms in total. The van der Waals surface area contributed by atoms with Crippen molar-refractivity contribution in [2.75, 3.05) is 20.3 Å². The fraction of sp³-hybridized carbons (Fsp3) is 0.389. The van der Waals surface area contributed by atoms with Crippen molar-refractivity contribution in [1.29, 1.82) is 0 Å². The second-order valence-corrected chi connectivity index (χ2v) is 7.60. The highest BCUT2D eigenvalue weighted by molar-refractivity contribution is 14.1. The molecule has 0 radical (unpaired) electrons. The van der Waals surface area contributed by atoms with Gasteiger partial charge in [-0.2, -0.15) is 0 Å². The van der Waals surface area contributed by atoms with Crippen molar-refractivity contribution in [1.82, 2.24) is 4.90 Å². The molecule has 0 saturated carbocycles. The van der Waals surface area contributed by atoms with Gasteiger partial charge in [-0.05, 0) is 78.9 Å². The zero-order chi connectivity index (χ0) is 20.1. The quantitative estimate of drug-likeness (QED) is 0.318. The van der Waals surface area contributed by atoms with Gasteiger partial charge >= 0.3 is 5.97 Å². The van der Waals surface area contributed by atoms with Gasteiger partial charge in [-0.15, -0.1) is 0 Å². The standard InChI is InChI=1S/C18H20INO6S/c1-5-25-13-8-11(7-12(19)15(13)26-6-2)9-14-16(21)20(18(23)27-14)10(3)17(22)24-4/h7-10H,5-6H2,1-4H3/b14-9+/t10-/m1/s1. The van der Waals surface area contributed by atoms with Gasteiger partial charge in [0, 0.05) is 0 Å². The lowest BCUT2D eigenvalue weighted by atomic mass is 10.1. The van der Waals surface area contributed by atoms with E-state index in [-0.39, 0.29) is 4.91 Å². The third kappa shape index (κ3) is 4.75. The predicted molar refractivity (Wildman–Crippen MR) is 111 cm³/mol. The van der Waals surface area contributed by atoms with Gasteiger partial charge in [0.1, 0.15) is 6.04 Å². The molecule has 27 heavy (non-hydrogen) atoms. The number of hydrogen-bond acceptors (Lipinski definition) is 7. The first-order chi connectivity index (χ1) is 12.8. The minimum absolute atomic E-state index is 0.234. The monoisotopic (exact) mass is 505 g/mol. The highest BCUT2D eigenvalue weighted by Crippen LogP contribution is 2.38. The molecular weight excluding hydrogens is 485 g/mol. The fourth-order valence-electron chi connectivity index (χ4n) is 2.46. The minimum atomic E-state index is -0.979. The number of esters is 1. The summed E-state index contributed by atoms with van der Waals surface area (Å²) in [5.41, 5.74) is 0.697. The summed E-state index contributed by atoms with van der Waals surface area (Å²) in [6.45, 7) is 6.18. The number of imide groups is 1. The third-order valence-corrected chi connectivity index (χ3v) is 5.36. The Hall–Kier alpha value is -1.75. The first-order valence-electron chi connectivity index (χ1n) is 8.28. The van der Waals surface area contributed by atoms with Crippen LogP contribution in [0.4, 0.5) is 4.79 Å². The summed E-state index contributed by atoms with van der Waals surface area (Å²) in [5.74, 6) is 0.0433. The van der Waals surface area contributed by atoms with Crippen LogP contribution in [0.1, 0.15) is 26.3 Å². The van der Waals surface area contributed by atoms with Crippen LogP contribution in [0.3, 0.4) is 0 Å². The Morgan fingerprint density at radius 1 is 1.26 bits per heavy atom. The van der Waals surface area contributed by atoms with Gasteiger partial charge in [0.05, 0.1) is 28.8 Å². The highest BCUT2D eigenvalue weighted by atomic mass is 127. The SMILES string of the molecule is CCOc1cc(/C=C2/SC(=O)N([C@H](C)C(=O)OC)C2=O)cc(I)c1OCC. The molecular formula is C18H20INO6S. The maximum atomic E-state index is 12.6. The first kappa shape index (κ1) is 21.5. The van der Waals surface area contributed by atoms with Crippen LogP contribution in [-0.4, -0.2) is 48.4 Å². The van der Waals surface area contributed by atoms with Gasteiger partial charge in [-0.1, -0.05) is 0 Å². The summed E-state index contributed by atoms with van der Waals surface area (Å²) in [7, 11) is 1.21. The summed E-state index contributed by atoms with van der Waals surface area (Å²) in [4.78, 5) is 37.6. The van der Waals surface area contributed by atoms with Crippen molar-refractivity contribution in [3.63, 3.8) is 0 Å². The second kappa shape index (κ2) is 9.45. The Balaban J connectivity index is 2.37. The number of rotatable bonds is 7. The lowest BCUT2D eigenvalue weighted by molar-refractivity contribution is -0.148. The van der Waals surface area contributed by atoms with Gasteiger partial charge in [-0.25, -0.2) is 4.79 Å². The van der Waals surface area contributed by atoms with E-state index >= 15 is 0 Å². The summed E-state index contributed by atoms with van der Waals surface area (Å²) < 4.78 is 16.7. The molecule has 146 valence electrons. The molecule has 1 fully saturated rings. The van der Waals surface area contributed by atoms with E-state index in [1.54, 1.807) is 12.1 Å². The fourth-order valence-corrected chi connectivity index (χ4v) is 4.15. The van der Waals surface area contributed by atoms with Crippen molar-refractivity contribution >= 4 is 57.5 Å². The molecule has 1 saturated heterocycles. The summed E-state index contributed by atoms with van der Waals surface area (Å²) in [6.07, 6.45) is 1.61. The minimum Gasteiger partial charge on any atom is -0.490 e. The van der Waals surface area contributed by atoms with E-state index in [2.05, 4.69) is 27.3 Å². The largest absolute Gasteiger partial charge is 0.490 e. The molecule has 0 N–H and O–H groups in total. The number of amides is 2. The van der Waals surface area contributed by atoms with E-state index in [4.69, 9.17) is 9.47 Å². The van der Waals surface area contributed by atoms with Gasteiger partial charge in [0.2, 0.25) is 0 Å². The molecule has 1 atom stereocenters. The van der Waals surface area contributed by atoms with E-state index in [9.17, 15) is 14.4 Å². The molecule has 1 aliphatic heterocycles. The number of thioether (sulfide) groups is 1. The zero-order valence-electron chi connectivity index (χ0n) is 15.4. The molecule has 9 heteroatoms. The van der Waals surface area contributed by atoms with Crippen LogP contribution in [0, 0.1) is 3.57 Å². The van der Waals surface area contributed by atoms with Crippen molar-refractivity contribution in [3.8, 4) is 11.5 Å². The van der Waals surface area contributed by atoms with Gasteiger partial charge in [-0.3, -0.25) is 14.5 Å². The second-order valence-electron chi connectivity index (χ2n) is 5.45. The van der Waals surface area contributed by atoms with E-state index < -0.39 is 23.2 Å². The van der Waals surface area contributed by atoms with Crippen LogP contribution in [-0.2, 0) is 14.3 Å². The van der Waals surface area contributed by atoms with Crippen molar-refractivity contribution in [3.05, 3.63) is 26.2 Å². The van der Waals surface area contributed by atoms with Crippen LogP contribution in [0.2, 0.25) is 0 Å². The lowest BCUT2D eigenvalue weighted by Crippen LogP contribution is -2.42. The van der Waals surface area contributed by atoms with Crippen LogP contribution < -0.4 is 9.47 Å². The number of carbonyl (C=O) groups excluding carboxylic acids is 3. The Morgan fingerprint density at radius 2 is 1.93 bits per heavy atom. The van der Waals surface area contributed by atoms with Crippen LogP contribution in [0.15, 0.2) is 17.0 Å². The number of hydrogen-bond donors (Lipinski definition) is 0. The summed E-state index contributed by atoms with van der Waals surface area (Å²) >= 11 is 2.92. The molecule has 0 aliphatic carbocycles. The van der Waals surface area contributed by atoms with Crippen LogP contribution >= 0.6 is 34.4 Å². The van der Waals surface area contributed by atoms with Gasteiger partial charge < -0.3 is 14.2 Å². The average Bonchev–Trinajstić information content (AvgIpc) is 2.90. The number of benzene rings is 1. The molecule has 0 unspecified atom stereocenters. The normalized spacial score (nSPS) is 16.6. The van der Waals surface area contributed by atoms with Crippen LogP contribution in [0.5, 0.6) is 11.5 Å². The molecule has 1 aliphatic rings. The number of methoxy groups -OCH3 is 1. The van der Waals surface area contributed by atoms with E-state index in [0.29, 0.717) is 30.3 Å². The summed E-state index contributed by atoms with van der Waals surface area (Å²) in [5, 5.41) is -0.505. The lowest BCUT2D eigenvalue weighted by Gasteiger charge is -2.18. The molecule has 0 bridgehead atoms.